The third-order valence-corrected chi connectivity index (χ3v) is 3.70. The normalized spacial score (nSPS) is 35.0. The zero-order chi connectivity index (χ0) is 11.2. The molecule has 3 heteroatoms. The van der Waals surface area contributed by atoms with Crippen molar-refractivity contribution in [1.82, 2.24) is 9.80 Å². The second kappa shape index (κ2) is 3.70. The predicted molar refractivity (Wildman–Crippen MR) is 60.8 cm³/mol. The lowest BCUT2D eigenvalue weighted by Crippen LogP contribution is -2.54. The highest BCUT2D eigenvalue weighted by molar-refractivity contribution is 5.03. The van der Waals surface area contributed by atoms with Gasteiger partial charge in [0.15, 0.2) is 0 Å². The van der Waals surface area contributed by atoms with E-state index < -0.39 is 6.17 Å². The molecule has 1 unspecified atom stereocenters. The van der Waals surface area contributed by atoms with Crippen molar-refractivity contribution in [3.63, 3.8) is 0 Å². The van der Waals surface area contributed by atoms with Crippen LogP contribution >= 0.6 is 0 Å². The second-order valence-electron chi connectivity index (χ2n) is 6.10. The zero-order valence-electron chi connectivity index (χ0n) is 10.3. The monoisotopic (exact) mass is 214 g/mol. The lowest BCUT2D eigenvalue weighted by Gasteiger charge is -2.42. The average Bonchev–Trinajstić information content (AvgIpc) is 2.58. The van der Waals surface area contributed by atoms with Gasteiger partial charge in [-0.2, -0.15) is 0 Å². The fourth-order valence-electron chi connectivity index (χ4n) is 3.12. The molecule has 88 valence electrons. The van der Waals surface area contributed by atoms with Crippen LogP contribution in [0.5, 0.6) is 0 Å². The fourth-order valence-corrected chi connectivity index (χ4v) is 3.12. The van der Waals surface area contributed by atoms with E-state index in [0.717, 1.165) is 13.1 Å². The SMILES string of the molecule is CC(F)CN1C[C@H]2C[C@@H]1CN2C(C)(C)C. The van der Waals surface area contributed by atoms with Crippen LogP contribution in [0.3, 0.4) is 0 Å². The van der Waals surface area contributed by atoms with Gasteiger partial charge in [0.05, 0.1) is 0 Å². The van der Waals surface area contributed by atoms with Crippen LogP contribution in [0.1, 0.15) is 34.1 Å². The Kier molecular flexibility index (Phi) is 2.80. The van der Waals surface area contributed by atoms with Gasteiger partial charge in [0.2, 0.25) is 0 Å². The van der Waals surface area contributed by atoms with Crippen LogP contribution in [0.2, 0.25) is 0 Å². The van der Waals surface area contributed by atoms with Gasteiger partial charge < -0.3 is 0 Å². The van der Waals surface area contributed by atoms with E-state index >= 15 is 0 Å². The quantitative estimate of drug-likeness (QED) is 0.693. The van der Waals surface area contributed by atoms with Crippen LogP contribution in [-0.4, -0.2) is 53.2 Å². The molecule has 0 N–H and O–H groups in total. The van der Waals surface area contributed by atoms with Gasteiger partial charge in [-0.05, 0) is 34.1 Å². The number of fused-ring (bicyclic) bond motifs is 2. The summed E-state index contributed by atoms with van der Waals surface area (Å²) in [5.74, 6) is 0. The van der Waals surface area contributed by atoms with Gasteiger partial charge in [-0.25, -0.2) is 4.39 Å². The minimum absolute atomic E-state index is 0.271. The molecule has 2 saturated heterocycles. The first-order chi connectivity index (χ1) is 6.88. The molecule has 0 amide bonds. The molecule has 0 aromatic carbocycles. The summed E-state index contributed by atoms with van der Waals surface area (Å²) < 4.78 is 13.0. The van der Waals surface area contributed by atoms with Crippen LogP contribution in [0, 0.1) is 0 Å². The Morgan fingerprint density at radius 3 is 2.33 bits per heavy atom. The summed E-state index contributed by atoms with van der Waals surface area (Å²) >= 11 is 0. The van der Waals surface area contributed by atoms with E-state index in [-0.39, 0.29) is 5.54 Å². The number of rotatable bonds is 2. The van der Waals surface area contributed by atoms with Crippen molar-refractivity contribution >= 4 is 0 Å². The van der Waals surface area contributed by atoms with E-state index in [1.807, 2.05) is 0 Å². The molecule has 0 aliphatic carbocycles. The lowest BCUT2D eigenvalue weighted by atomic mass is 10.0. The van der Waals surface area contributed by atoms with Gasteiger partial charge in [-0.15, -0.1) is 0 Å². The molecule has 2 aliphatic rings. The van der Waals surface area contributed by atoms with E-state index in [0.29, 0.717) is 18.6 Å². The maximum Gasteiger partial charge on any atom is 0.110 e. The summed E-state index contributed by atoms with van der Waals surface area (Å²) in [6, 6.07) is 1.26. The largest absolute Gasteiger partial charge is 0.295 e. The summed E-state index contributed by atoms with van der Waals surface area (Å²) in [5, 5.41) is 0. The molecule has 2 rings (SSSR count). The summed E-state index contributed by atoms with van der Waals surface area (Å²) in [5.41, 5.74) is 0.271. The first-order valence-electron chi connectivity index (χ1n) is 6.03. The topological polar surface area (TPSA) is 6.48 Å². The van der Waals surface area contributed by atoms with Crippen molar-refractivity contribution in [3.8, 4) is 0 Å². The van der Waals surface area contributed by atoms with Gasteiger partial charge >= 0.3 is 0 Å². The number of likely N-dealkylation sites (tertiary alicyclic amines) is 2. The standard InChI is InChI=1S/C12H23FN2/c1-9(13)6-14-7-11-5-10(14)8-15(11)12(2,3)4/h9-11H,5-8H2,1-4H3/t9?,10-,11-/m1/s1. The van der Waals surface area contributed by atoms with Crippen molar-refractivity contribution in [2.75, 3.05) is 19.6 Å². The maximum atomic E-state index is 13.0. The summed E-state index contributed by atoms with van der Waals surface area (Å²) in [7, 11) is 0. The van der Waals surface area contributed by atoms with Crippen molar-refractivity contribution in [3.05, 3.63) is 0 Å². The van der Waals surface area contributed by atoms with Crippen LogP contribution in [0.4, 0.5) is 4.39 Å². The highest BCUT2D eigenvalue weighted by Gasteiger charge is 2.46. The molecule has 0 radical (unpaired) electrons. The second-order valence-corrected chi connectivity index (χ2v) is 6.10. The number of hydrogen-bond acceptors (Lipinski definition) is 2. The fraction of sp³-hybridized carbons (Fsp3) is 1.00. The van der Waals surface area contributed by atoms with Crippen LogP contribution in [-0.2, 0) is 0 Å². The Balaban J connectivity index is 1.95. The number of alkyl halides is 1. The minimum atomic E-state index is -0.688. The van der Waals surface area contributed by atoms with Crippen LogP contribution in [0.25, 0.3) is 0 Å². The Morgan fingerprint density at radius 1 is 1.27 bits per heavy atom. The maximum absolute atomic E-state index is 13.0. The van der Waals surface area contributed by atoms with Gasteiger partial charge in [-0.3, -0.25) is 9.80 Å². The molecular formula is C12H23FN2. The van der Waals surface area contributed by atoms with Crippen molar-refractivity contribution in [1.29, 1.82) is 0 Å². The third-order valence-electron chi connectivity index (χ3n) is 3.70. The smallest absolute Gasteiger partial charge is 0.110 e. The molecule has 0 aromatic rings. The summed E-state index contributed by atoms with van der Waals surface area (Å²) in [6.07, 6.45) is 0.553. The molecule has 0 aromatic heterocycles. The molecule has 0 saturated carbocycles. The predicted octanol–water partition coefficient (Wildman–Crippen LogP) is 1.90. The van der Waals surface area contributed by atoms with Crippen molar-refractivity contribution < 1.29 is 4.39 Å². The van der Waals surface area contributed by atoms with Crippen LogP contribution < -0.4 is 0 Å². The Labute approximate surface area is 92.4 Å². The molecule has 2 heterocycles. The van der Waals surface area contributed by atoms with Gasteiger partial charge in [0.25, 0.3) is 0 Å². The zero-order valence-corrected chi connectivity index (χ0v) is 10.3. The summed E-state index contributed by atoms with van der Waals surface area (Å²) in [6.45, 7) is 11.3. The molecule has 0 spiro atoms. The van der Waals surface area contributed by atoms with Crippen molar-refractivity contribution in [2.24, 2.45) is 0 Å². The molecule has 2 aliphatic heterocycles. The molecule has 2 fully saturated rings. The first kappa shape index (κ1) is 11.3. The number of nitrogens with zero attached hydrogens (tertiary/aromatic N) is 2. The molecular weight excluding hydrogens is 191 g/mol. The van der Waals surface area contributed by atoms with E-state index in [9.17, 15) is 4.39 Å². The third kappa shape index (κ3) is 2.18. The highest BCUT2D eigenvalue weighted by atomic mass is 19.1. The Hall–Kier alpha value is -0.150. The van der Waals surface area contributed by atoms with E-state index in [2.05, 4.69) is 30.6 Å². The van der Waals surface area contributed by atoms with Crippen molar-refractivity contribution in [2.45, 2.75) is 57.9 Å². The lowest BCUT2D eigenvalue weighted by molar-refractivity contribution is 0.0490. The van der Waals surface area contributed by atoms with Gasteiger partial charge in [0.1, 0.15) is 6.17 Å². The van der Waals surface area contributed by atoms with Gasteiger partial charge in [0, 0.05) is 37.3 Å². The molecule has 3 atom stereocenters. The highest BCUT2D eigenvalue weighted by Crippen LogP contribution is 2.35. The Morgan fingerprint density at radius 2 is 1.93 bits per heavy atom. The van der Waals surface area contributed by atoms with E-state index in [4.69, 9.17) is 0 Å². The summed E-state index contributed by atoms with van der Waals surface area (Å²) in [4.78, 5) is 4.91. The number of halogens is 1. The number of hydrogen-bond donors (Lipinski definition) is 0. The van der Waals surface area contributed by atoms with E-state index in [1.54, 1.807) is 6.92 Å². The molecule has 2 bridgehead atoms. The molecule has 15 heavy (non-hydrogen) atoms. The van der Waals surface area contributed by atoms with E-state index in [1.165, 1.54) is 6.42 Å². The first-order valence-corrected chi connectivity index (χ1v) is 6.03. The Bertz CT molecular complexity index is 234. The minimum Gasteiger partial charge on any atom is -0.295 e. The van der Waals surface area contributed by atoms with Crippen LogP contribution in [0.15, 0.2) is 0 Å². The van der Waals surface area contributed by atoms with Gasteiger partial charge in [-0.1, -0.05) is 0 Å². The number of piperazine rings is 1. The average molecular weight is 214 g/mol. The molecule has 2 nitrogen and oxygen atoms in total.